The summed E-state index contributed by atoms with van der Waals surface area (Å²) in [6, 6.07) is 0.764. The largest absolute Gasteiger partial charge is 0.515 e. The van der Waals surface area contributed by atoms with Gasteiger partial charge in [0.2, 0.25) is 17.7 Å². The zero-order chi connectivity index (χ0) is 37.0. The van der Waals surface area contributed by atoms with Crippen molar-refractivity contribution < 1.29 is 39.0 Å². The molecule has 5 rings (SSSR count). The Morgan fingerprint density at radius 1 is 0.750 bits per heavy atom. The van der Waals surface area contributed by atoms with Crippen molar-refractivity contribution in [3.63, 3.8) is 0 Å². The van der Waals surface area contributed by atoms with Crippen LogP contribution in [0.15, 0.2) is 35.8 Å². The Kier molecular flexibility index (Phi) is 16.4. The van der Waals surface area contributed by atoms with Gasteiger partial charge in [0.05, 0.1) is 11.8 Å². The van der Waals surface area contributed by atoms with Crippen LogP contribution in [0, 0.1) is 0 Å². The topological polar surface area (TPSA) is 171 Å². The monoisotopic (exact) mass is 676 g/mol. The molecule has 0 spiro atoms. The van der Waals surface area contributed by atoms with Crippen molar-refractivity contribution in [1.82, 2.24) is 29.8 Å². The van der Waals surface area contributed by atoms with Crippen LogP contribution in [0.5, 0.6) is 0 Å². The quantitative estimate of drug-likeness (QED) is 0.293. The highest BCUT2D eigenvalue weighted by molar-refractivity contribution is 5.96. The summed E-state index contributed by atoms with van der Waals surface area (Å²) in [5.74, 6) is -0.616. The van der Waals surface area contributed by atoms with Crippen LogP contribution in [0.1, 0.15) is 72.6 Å². The van der Waals surface area contributed by atoms with Crippen molar-refractivity contribution in [2.24, 2.45) is 0 Å². The summed E-state index contributed by atoms with van der Waals surface area (Å²) in [4.78, 5) is 73.6. The van der Waals surface area contributed by atoms with E-state index < -0.39 is 12.0 Å². The number of likely N-dealkylation sites (N-methyl/N-ethyl adjacent to an activating group) is 3. The molecule has 0 bridgehead atoms. The number of carboxylic acids is 1. The maximum Gasteiger partial charge on any atom is 0.326 e. The van der Waals surface area contributed by atoms with Gasteiger partial charge in [-0.3, -0.25) is 24.0 Å². The van der Waals surface area contributed by atoms with Crippen LogP contribution in [0.2, 0.25) is 0 Å². The second kappa shape index (κ2) is 18.8. The number of amides is 5. The van der Waals surface area contributed by atoms with Crippen molar-refractivity contribution in [2.45, 2.75) is 103 Å². The first-order valence-corrected chi connectivity index (χ1v) is 16.2. The van der Waals surface area contributed by atoms with Gasteiger partial charge in [-0.15, -0.1) is 0 Å². The fourth-order valence-corrected chi connectivity index (χ4v) is 5.24. The highest BCUT2D eigenvalue weighted by atomic mass is 16.4. The summed E-state index contributed by atoms with van der Waals surface area (Å²) in [5.41, 5.74) is 2.16. The predicted octanol–water partition coefficient (Wildman–Crippen LogP) is 2.13. The first-order chi connectivity index (χ1) is 22.2. The molecule has 0 unspecified atom stereocenters. The van der Waals surface area contributed by atoms with Crippen molar-refractivity contribution in [1.29, 1.82) is 0 Å². The van der Waals surface area contributed by atoms with E-state index in [2.05, 4.69) is 25.7 Å². The Hall–Kier alpha value is -4.36. The zero-order valence-corrected chi connectivity index (χ0v) is 30.3. The Morgan fingerprint density at radius 2 is 1.23 bits per heavy atom. The number of nitrogens with one attached hydrogen (secondary N) is 1. The van der Waals surface area contributed by atoms with Gasteiger partial charge in [-0.25, -0.2) is 4.79 Å². The third-order valence-electron chi connectivity index (χ3n) is 9.06. The summed E-state index contributed by atoms with van der Waals surface area (Å²) >= 11 is 0. The smallest absolute Gasteiger partial charge is 0.326 e. The summed E-state index contributed by atoms with van der Waals surface area (Å²) < 4.78 is 0. The molecule has 5 saturated heterocycles. The molecule has 5 aliphatic rings. The molecule has 5 amide bonds. The summed E-state index contributed by atoms with van der Waals surface area (Å²) in [7, 11) is 11.1. The van der Waals surface area contributed by atoms with Crippen molar-refractivity contribution in [3.05, 3.63) is 35.8 Å². The average molecular weight is 677 g/mol. The van der Waals surface area contributed by atoms with E-state index >= 15 is 0 Å². The first kappa shape index (κ1) is 41.7. The number of carbonyl (C=O) groups excluding carboxylic acids is 5. The number of likely N-dealkylation sites (tertiary alicyclic amines) is 4. The number of hydrogen-bond donors (Lipinski definition) is 3. The summed E-state index contributed by atoms with van der Waals surface area (Å²) in [6.45, 7) is 11.8. The lowest BCUT2D eigenvalue weighted by molar-refractivity contribution is -0.140. The van der Waals surface area contributed by atoms with Crippen molar-refractivity contribution in [2.75, 3.05) is 42.3 Å². The van der Waals surface area contributed by atoms with Gasteiger partial charge in [0, 0.05) is 103 Å². The molecule has 0 aromatic heterocycles. The van der Waals surface area contributed by atoms with Crippen molar-refractivity contribution in [3.8, 4) is 0 Å². The zero-order valence-electron chi connectivity index (χ0n) is 30.3. The number of rotatable bonds is 2. The van der Waals surface area contributed by atoms with E-state index in [1.165, 1.54) is 0 Å². The minimum absolute atomic E-state index is 0.0602. The Bertz CT molecular complexity index is 1280. The van der Waals surface area contributed by atoms with E-state index in [-0.39, 0.29) is 35.6 Å². The third-order valence-corrected chi connectivity index (χ3v) is 9.06. The van der Waals surface area contributed by atoms with Gasteiger partial charge in [-0.1, -0.05) is 6.58 Å². The molecule has 0 aliphatic carbocycles. The number of aliphatic hydroxyl groups excluding tert-OH is 1. The molecule has 270 valence electrons. The van der Waals surface area contributed by atoms with Gasteiger partial charge < -0.3 is 40.0 Å². The van der Waals surface area contributed by atoms with Gasteiger partial charge in [0.15, 0.2) is 0 Å². The Labute approximate surface area is 285 Å². The number of carbonyl (C=O) groups is 6. The van der Waals surface area contributed by atoms with Crippen LogP contribution >= 0.6 is 0 Å². The number of carboxylic acid groups (broad SMARTS) is 1. The summed E-state index contributed by atoms with van der Waals surface area (Å²) in [5, 5.41) is 19.2. The second-order valence-electron chi connectivity index (χ2n) is 13.2. The SMILES string of the molecule is C=C1C[C@@H](C)N(C)C1=O.C[C@@H]1C/C(=C/N(C)C)C(=O)N1C.C[C@@H]1C/C(=C/O)C(=O)N1C.C[C@@H]1CCC(=O)N1C.O=C1CC[C@@H](C(=O)O)N1. The molecular weight excluding hydrogens is 620 g/mol. The van der Waals surface area contributed by atoms with E-state index in [1.54, 1.807) is 26.6 Å². The number of nitrogens with zero attached hydrogens (tertiary/aromatic N) is 5. The standard InChI is InChI=1S/C9H16N2O.C7H11NO2.C7H11NO.C6H11NO.C5H7NO3/c1-7-5-8(6-10(2)3)9(12)11(7)4;1-5-3-6(4-9)7(10)8(5)2;1-5-4-6(2)8(3)7(5)9;1-5-3-4-6(8)7(5)2;7-4-2-1-3(6-4)5(8)9/h6-7H,5H2,1-4H3;4-5,9H,3H2,1-2H3;6H,1,4H2,2-3H3;5H,3-4H2,1-2H3;3H,1-2H2,(H,6,7)(H,8,9)/b8-6-;6-4-;;;/t7-;5-;6-;5-;3-/m11110/s1. The predicted molar refractivity (Wildman–Crippen MR) is 182 cm³/mol. The normalized spacial score (nSPS) is 28.0. The number of hydrogen-bond acceptors (Lipinski definition) is 8. The molecule has 14 nitrogen and oxygen atoms in total. The Morgan fingerprint density at radius 3 is 1.42 bits per heavy atom. The van der Waals surface area contributed by atoms with Gasteiger partial charge in [-0.2, -0.15) is 0 Å². The Balaban J connectivity index is 0.000000302. The average Bonchev–Trinajstić information content (AvgIpc) is 3.78. The third kappa shape index (κ3) is 12.0. The molecule has 14 heteroatoms. The molecular formula is C34H56N6O8. The summed E-state index contributed by atoms with van der Waals surface area (Å²) in [6.07, 6.45) is 7.72. The molecule has 0 saturated carbocycles. The molecule has 5 aliphatic heterocycles. The fraction of sp³-hybridized carbons (Fsp3) is 0.647. The van der Waals surface area contributed by atoms with Crippen LogP contribution in [0.3, 0.4) is 0 Å². The van der Waals surface area contributed by atoms with Gasteiger partial charge in [0.1, 0.15) is 6.04 Å². The van der Waals surface area contributed by atoms with Crippen LogP contribution < -0.4 is 5.32 Å². The van der Waals surface area contributed by atoms with E-state index in [9.17, 15) is 28.8 Å². The lowest BCUT2D eigenvalue weighted by atomic mass is 10.2. The molecule has 48 heavy (non-hydrogen) atoms. The first-order valence-electron chi connectivity index (χ1n) is 16.2. The molecule has 5 atom stereocenters. The molecule has 0 aromatic rings. The molecule has 0 radical (unpaired) electrons. The van der Waals surface area contributed by atoms with Crippen LogP contribution in [-0.4, -0.2) is 143 Å². The molecule has 3 N–H and O–H groups in total. The minimum Gasteiger partial charge on any atom is -0.515 e. The maximum atomic E-state index is 11.5. The van der Waals surface area contributed by atoms with E-state index in [4.69, 9.17) is 10.2 Å². The second-order valence-corrected chi connectivity index (χ2v) is 13.2. The van der Waals surface area contributed by atoms with Crippen LogP contribution in [-0.2, 0) is 28.8 Å². The fourth-order valence-electron chi connectivity index (χ4n) is 5.24. The van der Waals surface area contributed by atoms with Gasteiger partial charge >= 0.3 is 5.97 Å². The van der Waals surface area contributed by atoms with Crippen LogP contribution in [0.4, 0.5) is 0 Å². The van der Waals surface area contributed by atoms with E-state index in [0.717, 1.165) is 43.1 Å². The lowest BCUT2D eigenvalue weighted by Crippen LogP contribution is -2.32. The maximum absolute atomic E-state index is 11.5. The van der Waals surface area contributed by atoms with Gasteiger partial charge in [0.25, 0.3) is 11.8 Å². The minimum atomic E-state index is -0.944. The van der Waals surface area contributed by atoms with E-state index in [1.807, 2.05) is 60.2 Å². The molecule has 5 heterocycles. The van der Waals surface area contributed by atoms with Crippen molar-refractivity contribution >= 4 is 35.5 Å². The van der Waals surface area contributed by atoms with Gasteiger partial charge in [-0.05, 0) is 53.4 Å². The molecule has 5 fully saturated rings. The molecule has 0 aromatic carbocycles. The van der Waals surface area contributed by atoms with Crippen LogP contribution in [0.25, 0.3) is 0 Å². The number of aliphatic hydroxyl groups is 1. The highest BCUT2D eigenvalue weighted by Crippen LogP contribution is 2.22. The highest BCUT2D eigenvalue weighted by Gasteiger charge is 2.30. The van der Waals surface area contributed by atoms with E-state index in [0.29, 0.717) is 43.0 Å². The lowest BCUT2D eigenvalue weighted by Gasteiger charge is -2.13. The number of aliphatic carboxylic acids is 1.